The van der Waals surface area contributed by atoms with Crippen molar-refractivity contribution < 1.29 is 23.8 Å². The Hall–Kier alpha value is -3.87. The van der Waals surface area contributed by atoms with Crippen LogP contribution in [0.2, 0.25) is 0 Å². The molecule has 0 fully saturated rings. The molecule has 1 aliphatic rings. The van der Waals surface area contributed by atoms with Gasteiger partial charge < -0.3 is 19.2 Å². The van der Waals surface area contributed by atoms with E-state index in [-0.39, 0.29) is 17.9 Å². The molecule has 3 heterocycles. The van der Waals surface area contributed by atoms with Crippen molar-refractivity contribution >= 4 is 11.7 Å². The molecule has 3 aromatic rings. The number of rotatable bonds is 8. The van der Waals surface area contributed by atoms with Gasteiger partial charge in [-0.2, -0.15) is 0 Å². The third-order valence-electron chi connectivity index (χ3n) is 5.02. The number of Topliss-reactive ketones (excluding diaryl/α,β-unsaturated/α-hetero) is 1. The minimum atomic E-state index is -0.796. The number of amides is 1. The number of carbonyl (C=O) groups excluding carboxylic acids is 2. The summed E-state index contributed by atoms with van der Waals surface area (Å²) in [6.45, 7) is 2.73. The second-order valence-corrected chi connectivity index (χ2v) is 7.19. The predicted octanol–water partition coefficient (Wildman–Crippen LogP) is 4.24. The summed E-state index contributed by atoms with van der Waals surface area (Å²) in [6.07, 6.45) is 5.52. The Balaban J connectivity index is 1.77. The van der Waals surface area contributed by atoms with Gasteiger partial charge in [0.15, 0.2) is 11.5 Å². The van der Waals surface area contributed by atoms with E-state index in [1.807, 2.05) is 19.1 Å². The fraction of sp³-hybridized carbons (Fsp3) is 0.208. The number of benzene rings is 1. The maximum Gasteiger partial charge on any atom is 0.290 e. The van der Waals surface area contributed by atoms with Gasteiger partial charge in [0.2, 0.25) is 5.78 Å². The molecular weight excluding hydrogens is 396 g/mol. The monoisotopic (exact) mass is 418 g/mol. The molecule has 0 spiro atoms. The molecule has 2 aromatic heterocycles. The fourth-order valence-electron chi connectivity index (χ4n) is 3.62. The number of furan rings is 1. The number of nitrogens with zero attached hydrogens (tertiary/aromatic N) is 2. The highest BCUT2D eigenvalue weighted by Gasteiger charge is 2.44. The summed E-state index contributed by atoms with van der Waals surface area (Å²) < 4.78 is 11.0. The summed E-state index contributed by atoms with van der Waals surface area (Å²) in [5.74, 6) is -1.04. The third kappa shape index (κ3) is 4.07. The number of aliphatic hydroxyl groups excluding tert-OH is 1. The van der Waals surface area contributed by atoms with E-state index in [9.17, 15) is 14.7 Å². The van der Waals surface area contributed by atoms with E-state index in [1.165, 1.54) is 17.2 Å². The van der Waals surface area contributed by atoms with Crippen LogP contribution in [0, 0.1) is 0 Å². The van der Waals surface area contributed by atoms with E-state index in [0.717, 1.165) is 12.0 Å². The van der Waals surface area contributed by atoms with E-state index >= 15 is 0 Å². The third-order valence-corrected chi connectivity index (χ3v) is 5.02. The minimum Gasteiger partial charge on any atom is -0.503 e. The molecule has 1 aliphatic heterocycles. The van der Waals surface area contributed by atoms with Crippen LogP contribution < -0.4 is 4.74 Å². The van der Waals surface area contributed by atoms with E-state index in [2.05, 4.69) is 4.98 Å². The number of carbonyl (C=O) groups is 2. The van der Waals surface area contributed by atoms with Crippen molar-refractivity contribution in [3.63, 3.8) is 0 Å². The molecule has 0 saturated carbocycles. The molecule has 31 heavy (non-hydrogen) atoms. The van der Waals surface area contributed by atoms with Gasteiger partial charge in [0.25, 0.3) is 5.91 Å². The molecule has 0 saturated heterocycles. The molecule has 1 atom stereocenters. The lowest BCUT2D eigenvalue weighted by atomic mass is 9.94. The van der Waals surface area contributed by atoms with Gasteiger partial charge in [0.05, 0.1) is 24.5 Å². The number of hydrogen-bond donors (Lipinski definition) is 1. The van der Waals surface area contributed by atoms with Crippen LogP contribution in [0.15, 0.2) is 82.9 Å². The Morgan fingerprint density at radius 2 is 2.10 bits per heavy atom. The number of ether oxygens (including phenoxy) is 1. The molecule has 4 rings (SSSR count). The van der Waals surface area contributed by atoms with E-state index in [1.54, 1.807) is 42.7 Å². The maximum absolute atomic E-state index is 13.2. The van der Waals surface area contributed by atoms with E-state index in [4.69, 9.17) is 9.15 Å². The lowest BCUT2D eigenvalue weighted by Gasteiger charge is -2.27. The van der Waals surface area contributed by atoms with Crippen molar-refractivity contribution in [2.45, 2.75) is 25.9 Å². The molecule has 158 valence electrons. The second-order valence-electron chi connectivity index (χ2n) is 7.19. The van der Waals surface area contributed by atoms with E-state index < -0.39 is 23.5 Å². The molecule has 0 radical (unpaired) electrons. The van der Waals surface area contributed by atoms with Gasteiger partial charge >= 0.3 is 0 Å². The average Bonchev–Trinajstić information content (AvgIpc) is 3.42. The molecule has 7 heteroatoms. The van der Waals surface area contributed by atoms with Gasteiger partial charge in [-0.15, -0.1) is 0 Å². The first-order valence-corrected chi connectivity index (χ1v) is 10.0. The van der Waals surface area contributed by atoms with Gasteiger partial charge in [0.1, 0.15) is 5.75 Å². The highest BCUT2D eigenvalue weighted by atomic mass is 16.5. The summed E-state index contributed by atoms with van der Waals surface area (Å²) in [6, 6.07) is 13.1. The van der Waals surface area contributed by atoms with Crippen LogP contribution in [-0.2, 0) is 11.3 Å². The summed E-state index contributed by atoms with van der Waals surface area (Å²) in [4.78, 5) is 31.7. The van der Waals surface area contributed by atoms with Crippen molar-refractivity contribution in [2.75, 3.05) is 6.61 Å². The molecule has 7 nitrogen and oxygen atoms in total. The van der Waals surface area contributed by atoms with Crippen molar-refractivity contribution in [1.82, 2.24) is 9.88 Å². The number of hydrogen-bond acceptors (Lipinski definition) is 6. The van der Waals surface area contributed by atoms with Gasteiger partial charge in [-0.1, -0.05) is 25.1 Å². The van der Waals surface area contributed by atoms with Crippen LogP contribution in [0.4, 0.5) is 0 Å². The fourth-order valence-corrected chi connectivity index (χ4v) is 3.62. The predicted molar refractivity (Wildman–Crippen MR) is 112 cm³/mol. The van der Waals surface area contributed by atoms with Crippen molar-refractivity contribution in [2.24, 2.45) is 0 Å². The van der Waals surface area contributed by atoms with Crippen molar-refractivity contribution in [1.29, 1.82) is 0 Å². The number of pyridine rings is 1. The molecular formula is C24H22N2O5. The smallest absolute Gasteiger partial charge is 0.290 e. The van der Waals surface area contributed by atoms with Gasteiger partial charge in [-0.05, 0) is 47.9 Å². The number of aliphatic hydroxyl groups is 1. The van der Waals surface area contributed by atoms with Gasteiger partial charge in [-0.3, -0.25) is 14.6 Å². The molecule has 0 unspecified atom stereocenters. The van der Waals surface area contributed by atoms with Crippen LogP contribution >= 0.6 is 0 Å². The molecule has 1 aromatic carbocycles. The van der Waals surface area contributed by atoms with Gasteiger partial charge in [0, 0.05) is 18.9 Å². The van der Waals surface area contributed by atoms with Gasteiger partial charge in [-0.25, -0.2) is 0 Å². The second kappa shape index (κ2) is 8.87. The lowest BCUT2D eigenvalue weighted by Crippen LogP contribution is -2.30. The maximum atomic E-state index is 13.2. The Kier molecular flexibility index (Phi) is 5.84. The van der Waals surface area contributed by atoms with Crippen LogP contribution in [-0.4, -0.2) is 33.3 Å². The van der Waals surface area contributed by atoms with E-state index in [0.29, 0.717) is 17.9 Å². The number of ketones is 1. The summed E-state index contributed by atoms with van der Waals surface area (Å²) in [7, 11) is 0. The van der Waals surface area contributed by atoms with Crippen molar-refractivity contribution in [3.05, 3.63) is 95.4 Å². The topological polar surface area (TPSA) is 92.9 Å². The zero-order chi connectivity index (χ0) is 21.8. The van der Waals surface area contributed by atoms with Crippen LogP contribution in [0.3, 0.4) is 0 Å². The average molecular weight is 418 g/mol. The van der Waals surface area contributed by atoms with Crippen LogP contribution in [0.5, 0.6) is 5.75 Å². The number of aromatic nitrogens is 1. The molecule has 1 amide bonds. The highest BCUT2D eigenvalue weighted by Crippen LogP contribution is 2.40. The molecule has 0 aliphatic carbocycles. The highest BCUT2D eigenvalue weighted by molar-refractivity contribution is 6.15. The summed E-state index contributed by atoms with van der Waals surface area (Å²) in [5.41, 5.74) is 1.42. The Morgan fingerprint density at radius 3 is 2.81 bits per heavy atom. The Morgan fingerprint density at radius 1 is 1.23 bits per heavy atom. The normalized spacial score (nSPS) is 16.1. The quantitative estimate of drug-likeness (QED) is 0.550. The molecule has 1 N–H and O–H groups in total. The van der Waals surface area contributed by atoms with Crippen LogP contribution in [0.1, 0.15) is 41.1 Å². The van der Waals surface area contributed by atoms with Crippen molar-refractivity contribution in [3.8, 4) is 5.75 Å². The first-order valence-electron chi connectivity index (χ1n) is 10.0. The first kappa shape index (κ1) is 20.4. The molecule has 0 bridgehead atoms. The lowest BCUT2D eigenvalue weighted by molar-refractivity contribution is -0.130. The minimum absolute atomic E-state index is 0.0171. The largest absolute Gasteiger partial charge is 0.503 e. The Bertz CT molecular complexity index is 1110. The summed E-state index contributed by atoms with van der Waals surface area (Å²) in [5, 5.41) is 10.7. The van der Waals surface area contributed by atoms with Crippen LogP contribution in [0.25, 0.3) is 0 Å². The Labute approximate surface area is 179 Å². The SMILES string of the molecule is CCCOc1cccc([C@@H]2C(C(=O)c3ccco3)=C(O)C(=O)N2Cc2cccnc2)c1. The standard InChI is InChI=1S/C24H22N2O5/c1-2-11-30-18-8-3-7-17(13-18)21-20(22(27)19-9-5-12-31-19)23(28)24(29)26(21)15-16-6-4-10-25-14-16/h3-10,12-14,21,28H,2,11,15H2,1H3/t21-/m1/s1. The summed E-state index contributed by atoms with van der Waals surface area (Å²) >= 11 is 0. The zero-order valence-corrected chi connectivity index (χ0v) is 17.0. The zero-order valence-electron chi connectivity index (χ0n) is 17.0. The first-order chi connectivity index (χ1) is 15.1.